The topological polar surface area (TPSA) is 41.1 Å². The van der Waals surface area contributed by atoms with E-state index < -0.39 is 0 Å². The van der Waals surface area contributed by atoms with Crippen LogP contribution in [-0.4, -0.2) is 25.0 Å². The summed E-state index contributed by atoms with van der Waals surface area (Å²) in [7, 11) is 0. The van der Waals surface area contributed by atoms with Crippen LogP contribution in [0.1, 0.15) is 32.6 Å². The van der Waals surface area contributed by atoms with Crippen LogP contribution in [0.3, 0.4) is 0 Å². The third kappa shape index (κ3) is 1.67. The molecule has 3 unspecified atom stereocenters. The van der Waals surface area contributed by atoms with Crippen molar-refractivity contribution in [3.63, 3.8) is 0 Å². The Morgan fingerprint density at radius 1 is 1.31 bits per heavy atom. The van der Waals surface area contributed by atoms with Crippen LogP contribution in [0.4, 0.5) is 0 Å². The van der Waals surface area contributed by atoms with Crippen LogP contribution in [0.5, 0.6) is 0 Å². The maximum Gasteiger partial charge on any atom is 0.247 e. The van der Waals surface area contributed by atoms with Crippen molar-refractivity contribution in [2.75, 3.05) is 13.1 Å². The van der Waals surface area contributed by atoms with Gasteiger partial charge >= 0.3 is 0 Å². The molecule has 3 heteroatoms. The number of rotatable bonds is 2. The predicted molar refractivity (Wildman–Crippen MR) is 62.9 cm³/mol. The molecule has 2 saturated carbocycles. The molecule has 3 fully saturated rings. The van der Waals surface area contributed by atoms with Gasteiger partial charge in [0.1, 0.15) is 0 Å². The van der Waals surface area contributed by atoms with Crippen LogP contribution in [-0.2, 0) is 4.79 Å². The molecule has 0 spiro atoms. The summed E-state index contributed by atoms with van der Waals surface area (Å²) in [6.07, 6.45) is 5.28. The Labute approximate surface area is 96.7 Å². The molecular weight excluding hydrogens is 200 g/mol. The highest BCUT2D eigenvalue weighted by Crippen LogP contribution is 2.44. The lowest BCUT2D eigenvalue weighted by Crippen LogP contribution is -2.42. The van der Waals surface area contributed by atoms with Crippen LogP contribution < -0.4 is 10.6 Å². The third-order valence-electron chi connectivity index (χ3n) is 4.60. The molecule has 2 N–H and O–H groups in total. The molecule has 0 aromatic rings. The van der Waals surface area contributed by atoms with Gasteiger partial charge in [-0.25, -0.2) is 0 Å². The third-order valence-corrected chi connectivity index (χ3v) is 4.60. The van der Waals surface area contributed by atoms with Gasteiger partial charge in [0.25, 0.3) is 0 Å². The summed E-state index contributed by atoms with van der Waals surface area (Å²) >= 11 is 0. The number of fused-ring (bicyclic) bond motifs is 2. The number of hydrogen-bond donors (Lipinski definition) is 2. The van der Waals surface area contributed by atoms with Crippen molar-refractivity contribution in [1.29, 1.82) is 0 Å². The summed E-state index contributed by atoms with van der Waals surface area (Å²) in [4.78, 5) is 12.0. The standard InChI is InChI=1S/C13H20N2O/c1-8(11-6-14-7-11)13(16)15-12-5-9-2-3-10(12)4-9/h9-10,12,14H,2-7H2,1H3,(H,15,16). The molecular formula is C13H20N2O. The van der Waals surface area contributed by atoms with E-state index in [0.29, 0.717) is 6.04 Å². The highest BCUT2D eigenvalue weighted by Gasteiger charge is 2.40. The number of amides is 1. The molecule has 3 atom stereocenters. The van der Waals surface area contributed by atoms with E-state index in [9.17, 15) is 4.79 Å². The summed E-state index contributed by atoms with van der Waals surface area (Å²) < 4.78 is 0. The second kappa shape index (κ2) is 3.88. The summed E-state index contributed by atoms with van der Waals surface area (Å²) in [6.45, 7) is 3.75. The zero-order valence-electron chi connectivity index (χ0n) is 9.88. The van der Waals surface area contributed by atoms with Crippen molar-refractivity contribution in [3.05, 3.63) is 11.1 Å². The van der Waals surface area contributed by atoms with E-state index in [1.54, 1.807) is 0 Å². The number of hydrogen-bond acceptors (Lipinski definition) is 2. The second-order valence-electron chi connectivity index (χ2n) is 5.59. The van der Waals surface area contributed by atoms with Crippen molar-refractivity contribution in [3.8, 4) is 0 Å². The van der Waals surface area contributed by atoms with E-state index in [1.165, 1.54) is 31.3 Å². The molecule has 2 bridgehead atoms. The summed E-state index contributed by atoms with van der Waals surface area (Å²) in [6, 6.07) is 0.467. The Morgan fingerprint density at radius 3 is 2.62 bits per heavy atom. The van der Waals surface area contributed by atoms with E-state index in [4.69, 9.17) is 0 Å². The molecule has 0 aromatic carbocycles. The molecule has 2 aliphatic carbocycles. The van der Waals surface area contributed by atoms with Gasteiger partial charge in [-0.1, -0.05) is 6.42 Å². The van der Waals surface area contributed by atoms with Gasteiger partial charge in [-0.3, -0.25) is 4.79 Å². The van der Waals surface area contributed by atoms with Crippen molar-refractivity contribution in [1.82, 2.24) is 10.6 Å². The van der Waals surface area contributed by atoms with Crippen molar-refractivity contribution >= 4 is 5.91 Å². The lowest BCUT2D eigenvalue weighted by atomic mass is 9.94. The van der Waals surface area contributed by atoms with E-state index in [-0.39, 0.29) is 5.91 Å². The largest absolute Gasteiger partial charge is 0.349 e. The van der Waals surface area contributed by atoms with Gasteiger partial charge in [0, 0.05) is 24.7 Å². The van der Waals surface area contributed by atoms with E-state index in [1.807, 2.05) is 6.92 Å². The number of carbonyl (C=O) groups excluding carboxylic acids is 1. The Kier molecular flexibility index (Phi) is 2.51. The van der Waals surface area contributed by atoms with Gasteiger partial charge < -0.3 is 10.6 Å². The first kappa shape index (κ1) is 10.3. The summed E-state index contributed by atoms with van der Waals surface area (Å²) in [5, 5.41) is 6.41. The van der Waals surface area contributed by atoms with Gasteiger partial charge in [-0.15, -0.1) is 0 Å². The summed E-state index contributed by atoms with van der Waals surface area (Å²) in [5.41, 5.74) is 2.22. The van der Waals surface area contributed by atoms with E-state index in [2.05, 4.69) is 10.6 Å². The zero-order chi connectivity index (χ0) is 11.1. The van der Waals surface area contributed by atoms with Gasteiger partial charge in [-0.2, -0.15) is 0 Å². The molecule has 0 radical (unpaired) electrons. The Balaban J connectivity index is 1.61. The van der Waals surface area contributed by atoms with Gasteiger partial charge in [0.05, 0.1) is 0 Å². The zero-order valence-corrected chi connectivity index (χ0v) is 9.88. The van der Waals surface area contributed by atoms with Crippen LogP contribution in [0.25, 0.3) is 0 Å². The minimum Gasteiger partial charge on any atom is -0.349 e. The van der Waals surface area contributed by atoms with Crippen molar-refractivity contribution in [2.45, 2.75) is 38.6 Å². The lowest BCUT2D eigenvalue weighted by molar-refractivity contribution is -0.118. The molecule has 1 aliphatic heterocycles. The minimum absolute atomic E-state index is 0.175. The fourth-order valence-electron chi connectivity index (χ4n) is 3.37. The smallest absolute Gasteiger partial charge is 0.247 e. The fraction of sp³-hybridized carbons (Fsp3) is 0.769. The molecule has 16 heavy (non-hydrogen) atoms. The lowest BCUT2D eigenvalue weighted by Gasteiger charge is -2.25. The highest BCUT2D eigenvalue weighted by molar-refractivity contribution is 5.94. The van der Waals surface area contributed by atoms with E-state index >= 15 is 0 Å². The first-order chi connectivity index (χ1) is 7.74. The summed E-state index contributed by atoms with van der Waals surface area (Å²) in [5.74, 6) is 1.84. The average Bonchev–Trinajstić information content (AvgIpc) is 2.76. The first-order valence-corrected chi connectivity index (χ1v) is 6.44. The molecule has 0 aromatic heterocycles. The maximum atomic E-state index is 12.0. The number of nitrogens with one attached hydrogen (secondary N) is 2. The molecule has 1 heterocycles. The van der Waals surface area contributed by atoms with Crippen LogP contribution in [0.2, 0.25) is 0 Å². The fourth-order valence-corrected chi connectivity index (χ4v) is 3.37. The normalized spacial score (nSPS) is 36.1. The van der Waals surface area contributed by atoms with Crippen LogP contribution >= 0.6 is 0 Å². The van der Waals surface area contributed by atoms with Gasteiger partial charge in [-0.05, 0) is 43.6 Å². The number of carbonyl (C=O) groups is 1. The van der Waals surface area contributed by atoms with Crippen molar-refractivity contribution < 1.29 is 4.79 Å². The molecule has 3 rings (SSSR count). The molecule has 1 amide bonds. The Hall–Kier alpha value is -0.830. The molecule has 88 valence electrons. The minimum atomic E-state index is 0.175. The quantitative estimate of drug-likeness (QED) is 0.687. The van der Waals surface area contributed by atoms with Crippen molar-refractivity contribution in [2.24, 2.45) is 11.8 Å². The molecule has 1 saturated heterocycles. The van der Waals surface area contributed by atoms with Gasteiger partial charge in [0.2, 0.25) is 5.91 Å². The predicted octanol–water partition coefficient (Wildman–Crippen LogP) is 1.21. The van der Waals surface area contributed by atoms with Crippen LogP contribution in [0, 0.1) is 11.8 Å². The Bertz CT molecular complexity index is 342. The van der Waals surface area contributed by atoms with Gasteiger partial charge in [0.15, 0.2) is 0 Å². The molecule has 3 nitrogen and oxygen atoms in total. The first-order valence-electron chi connectivity index (χ1n) is 6.44. The molecule has 3 aliphatic rings. The Morgan fingerprint density at radius 2 is 2.12 bits per heavy atom. The van der Waals surface area contributed by atoms with Crippen LogP contribution in [0.15, 0.2) is 11.1 Å². The SMILES string of the molecule is CC(C(=O)NC1CC2CCC1C2)=C1CNC1. The monoisotopic (exact) mass is 220 g/mol. The average molecular weight is 220 g/mol. The highest BCUT2D eigenvalue weighted by atomic mass is 16.1. The second-order valence-corrected chi connectivity index (χ2v) is 5.59. The maximum absolute atomic E-state index is 12.0. The van der Waals surface area contributed by atoms with E-state index in [0.717, 1.165) is 30.5 Å².